The van der Waals surface area contributed by atoms with E-state index in [4.69, 9.17) is 10.5 Å². The van der Waals surface area contributed by atoms with Gasteiger partial charge >= 0.3 is 5.97 Å². The van der Waals surface area contributed by atoms with E-state index in [0.717, 1.165) is 22.4 Å². The molecule has 0 aliphatic carbocycles. The van der Waals surface area contributed by atoms with Gasteiger partial charge < -0.3 is 10.5 Å². The van der Waals surface area contributed by atoms with E-state index in [2.05, 4.69) is 0 Å². The third-order valence-electron chi connectivity index (χ3n) is 2.82. The summed E-state index contributed by atoms with van der Waals surface area (Å²) in [6.45, 7) is 2.22. The lowest BCUT2D eigenvalue weighted by Gasteiger charge is -2.06. The van der Waals surface area contributed by atoms with Crippen molar-refractivity contribution in [3.63, 3.8) is 0 Å². The van der Waals surface area contributed by atoms with E-state index < -0.39 is 0 Å². The van der Waals surface area contributed by atoms with Gasteiger partial charge in [0.15, 0.2) is 0 Å². The van der Waals surface area contributed by atoms with Gasteiger partial charge in [-0.05, 0) is 35.7 Å². The summed E-state index contributed by atoms with van der Waals surface area (Å²) in [4.78, 5) is 11.5. The molecule has 0 bridgehead atoms. The molecular formula is C16H17NO2. The van der Waals surface area contributed by atoms with Crippen LogP contribution in [0.15, 0.2) is 48.5 Å². The van der Waals surface area contributed by atoms with Crippen LogP contribution in [-0.2, 0) is 16.0 Å². The number of esters is 1. The quantitative estimate of drug-likeness (QED) is 0.675. The van der Waals surface area contributed by atoms with Crippen LogP contribution >= 0.6 is 0 Å². The van der Waals surface area contributed by atoms with Crippen molar-refractivity contribution in [1.82, 2.24) is 0 Å². The van der Waals surface area contributed by atoms with Crippen molar-refractivity contribution in [2.75, 3.05) is 12.3 Å². The second kappa shape index (κ2) is 6.05. The molecular weight excluding hydrogens is 238 g/mol. The van der Waals surface area contributed by atoms with Crippen molar-refractivity contribution >= 4 is 11.7 Å². The zero-order chi connectivity index (χ0) is 13.7. The normalized spacial score (nSPS) is 10.2. The molecule has 0 aliphatic heterocycles. The van der Waals surface area contributed by atoms with E-state index in [-0.39, 0.29) is 5.97 Å². The van der Waals surface area contributed by atoms with Crippen molar-refractivity contribution in [3.8, 4) is 11.1 Å². The lowest BCUT2D eigenvalue weighted by atomic mass is 10.0. The Morgan fingerprint density at radius 3 is 2.53 bits per heavy atom. The molecule has 2 N–H and O–H groups in total. The second-order valence-corrected chi connectivity index (χ2v) is 4.30. The summed E-state index contributed by atoms with van der Waals surface area (Å²) in [6, 6.07) is 15.6. The first-order valence-corrected chi connectivity index (χ1v) is 6.29. The van der Waals surface area contributed by atoms with Crippen LogP contribution in [0.2, 0.25) is 0 Å². The fourth-order valence-corrected chi connectivity index (χ4v) is 1.92. The molecule has 0 radical (unpaired) electrons. The fourth-order valence-electron chi connectivity index (χ4n) is 1.92. The average Bonchev–Trinajstić information content (AvgIpc) is 2.40. The highest BCUT2D eigenvalue weighted by atomic mass is 16.5. The molecule has 2 aromatic carbocycles. The highest BCUT2D eigenvalue weighted by molar-refractivity contribution is 5.74. The smallest absolute Gasteiger partial charge is 0.310 e. The van der Waals surface area contributed by atoms with Gasteiger partial charge in [0, 0.05) is 5.69 Å². The van der Waals surface area contributed by atoms with Crippen LogP contribution in [0, 0.1) is 0 Å². The average molecular weight is 255 g/mol. The van der Waals surface area contributed by atoms with E-state index in [1.54, 1.807) is 0 Å². The Bertz CT molecular complexity index is 561. The Labute approximate surface area is 113 Å². The minimum Gasteiger partial charge on any atom is -0.466 e. The summed E-state index contributed by atoms with van der Waals surface area (Å²) in [6.07, 6.45) is 0.302. The van der Waals surface area contributed by atoms with Gasteiger partial charge in [-0.2, -0.15) is 0 Å². The van der Waals surface area contributed by atoms with Crippen molar-refractivity contribution in [1.29, 1.82) is 0 Å². The molecule has 0 aliphatic rings. The number of nitrogens with two attached hydrogens (primary N) is 1. The molecule has 0 saturated carbocycles. The lowest BCUT2D eigenvalue weighted by molar-refractivity contribution is -0.142. The summed E-state index contributed by atoms with van der Waals surface area (Å²) >= 11 is 0. The summed E-state index contributed by atoms with van der Waals surface area (Å²) < 4.78 is 4.95. The van der Waals surface area contributed by atoms with Crippen molar-refractivity contribution < 1.29 is 9.53 Å². The number of benzene rings is 2. The van der Waals surface area contributed by atoms with Crippen molar-refractivity contribution in [2.24, 2.45) is 0 Å². The number of carbonyl (C=O) groups is 1. The molecule has 0 aromatic heterocycles. The molecule has 0 heterocycles. The van der Waals surface area contributed by atoms with E-state index >= 15 is 0 Å². The summed E-state index contributed by atoms with van der Waals surface area (Å²) in [5, 5.41) is 0. The molecule has 98 valence electrons. The van der Waals surface area contributed by atoms with Gasteiger partial charge in [-0.25, -0.2) is 0 Å². The van der Waals surface area contributed by atoms with E-state index in [0.29, 0.717) is 13.0 Å². The van der Waals surface area contributed by atoms with Crippen LogP contribution < -0.4 is 5.73 Å². The van der Waals surface area contributed by atoms with Gasteiger partial charge in [-0.1, -0.05) is 36.4 Å². The Kier molecular flexibility index (Phi) is 4.18. The van der Waals surface area contributed by atoms with E-state index in [1.807, 2.05) is 55.5 Å². The summed E-state index contributed by atoms with van der Waals surface area (Å²) in [5.74, 6) is -0.197. The molecule has 2 aromatic rings. The Morgan fingerprint density at radius 2 is 1.84 bits per heavy atom. The topological polar surface area (TPSA) is 52.3 Å². The first-order valence-electron chi connectivity index (χ1n) is 6.29. The van der Waals surface area contributed by atoms with Crippen LogP contribution in [0.3, 0.4) is 0 Å². The number of hydrogen-bond donors (Lipinski definition) is 1. The van der Waals surface area contributed by atoms with Crippen LogP contribution in [0.1, 0.15) is 12.5 Å². The predicted octanol–water partition coefficient (Wildman–Crippen LogP) is 3.04. The number of rotatable bonds is 4. The maximum Gasteiger partial charge on any atom is 0.310 e. The molecule has 0 unspecified atom stereocenters. The first-order chi connectivity index (χ1) is 9.19. The molecule has 0 fully saturated rings. The number of hydrogen-bond acceptors (Lipinski definition) is 3. The Balaban J connectivity index is 2.19. The molecule has 0 amide bonds. The molecule has 0 saturated heterocycles. The molecule has 0 atom stereocenters. The van der Waals surface area contributed by atoms with Crippen LogP contribution in [0.5, 0.6) is 0 Å². The number of anilines is 1. The molecule has 2 rings (SSSR count). The summed E-state index contributed by atoms with van der Waals surface area (Å²) in [7, 11) is 0. The zero-order valence-electron chi connectivity index (χ0n) is 10.9. The predicted molar refractivity (Wildman–Crippen MR) is 76.6 cm³/mol. The minimum absolute atomic E-state index is 0.197. The Morgan fingerprint density at radius 1 is 1.11 bits per heavy atom. The number of nitrogen functional groups attached to an aromatic ring is 1. The lowest BCUT2D eigenvalue weighted by Crippen LogP contribution is -2.07. The SMILES string of the molecule is CCOC(=O)Cc1cccc(-c2ccc(N)cc2)c1. The van der Waals surface area contributed by atoms with E-state index in [1.165, 1.54) is 0 Å². The number of ether oxygens (including phenoxy) is 1. The minimum atomic E-state index is -0.197. The van der Waals surface area contributed by atoms with E-state index in [9.17, 15) is 4.79 Å². The van der Waals surface area contributed by atoms with Gasteiger partial charge in [0.2, 0.25) is 0 Å². The van der Waals surface area contributed by atoms with Gasteiger partial charge in [0.05, 0.1) is 13.0 Å². The molecule has 3 heteroatoms. The largest absolute Gasteiger partial charge is 0.466 e. The summed E-state index contributed by atoms with van der Waals surface area (Å²) in [5.41, 5.74) is 9.52. The standard InChI is InChI=1S/C16H17NO2/c1-2-19-16(18)11-12-4-3-5-14(10-12)13-6-8-15(17)9-7-13/h3-10H,2,11,17H2,1H3. The maximum atomic E-state index is 11.5. The van der Waals surface area contributed by atoms with Crippen molar-refractivity contribution in [3.05, 3.63) is 54.1 Å². The van der Waals surface area contributed by atoms with Gasteiger partial charge in [-0.3, -0.25) is 4.79 Å². The zero-order valence-corrected chi connectivity index (χ0v) is 10.9. The monoisotopic (exact) mass is 255 g/mol. The van der Waals surface area contributed by atoms with Gasteiger partial charge in [0.1, 0.15) is 0 Å². The van der Waals surface area contributed by atoms with Crippen LogP contribution in [0.25, 0.3) is 11.1 Å². The third kappa shape index (κ3) is 3.58. The molecule has 19 heavy (non-hydrogen) atoms. The first kappa shape index (κ1) is 13.1. The van der Waals surface area contributed by atoms with Gasteiger partial charge in [-0.15, -0.1) is 0 Å². The molecule has 3 nitrogen and oxygen atoms in total. The van der Waals surface area contributed by atoms with Crippen LogP contribution in [-0.4, -0.2) is 12.6 Å². The second-order valence-electron chi connectivity index (χ2n) is 4.30. The number of carbonyl (C=O) groups excluding carboxylic acids is 1. The van der Waals surface area contributed by atoms with Gasteiger partial charge in [0.25, 0.3) is 0 Å². The Hall–Kier alpha value is -2.29. The highest BCUT2D eigenvalue weighted by Gasteiger charge is 2.05. The third-order valence-corrected chi connectivity index (χ3v) is 2.82. The molecule has 0 spiro atoms. The van der Waals surface area contributed by atoms with Crippen LogP contribution in [0.4, 0.5) is 5.69 Å². The highest BCUT2D eigenvalue weighted by Crippen LogP contribution is 2.21. The maximum absolute atomic E-state index is 11.5. The fraction of sp³-hybridized carbons (Fsp3) is 0.188. The van der Waals surface area contributed by atoms with Crippen molar-refractivity contribution in [2.45, 2.75) is 13.3 Å².